The van der Waals surface area contributed by atoms with Gasteiger partial charge in [0.05, 0.1) is 0 Å². The molecule has 0 aliphatic rings. The van der Waals surface area contributed by atoms with Crippen LogP contribution in [-0.4, -0.2) is 15.0 Å². The predicted octanol–water partition coefficient (Wildman–Crippen LogP) is 1.76. The van der Waals surface area contributed by atoms with Crippen molar-refractivity contribution in [2.75, 3.05) is 0 Å². The zero-order valence-electron chi connectivity index (χ0n) is 8.20. The van der Waals surface area contributed by atoms with Crippen LogP contribution >= 0.6 is 0 Å². The van der Waals surface area contributed by atoms with Crippen LogP contribution in [0.4, 0.5) is 0 Å². The van der Waals surface area contributed by atoms with Crippen LogP contribution in [0.5, 0.6) is 0 Å². The van der Waals surface area contributed by atoms with E-state index in [2.05, 4.69) is 3.50 Å². The second kappa shape index (κ2) is 6.47. The fraction of sp³-hybridized carbons (Fsp3) is 0.333. The summed E-state index contributed by atoms with van der Waals surface area (Å²) >= 11 is 2.36. The standard InChI is InChI=1S/C9H11NO2.2W/c1-4-6(3)8(10)7(5-2)9(11)12;;/h5H,1-3H3,(H,11,12);;. The fourth-order valence-electron chi connectivity index (χ4n) is 0.848. The van der Waals surface area contributed by atoms with Gasteiger partial charge in [-0.25, -0.2) is 0 Å². The molecule has 0 saturated heterocycles. The molecule has 3 nitrogen and oxygen atoms in total. The Morgan fingerprint density at radius 2 is 1.93 bits per heavy atom. The monoisotopic (exact) mass is 533 g/mol. The number of nitrogens with zero attached hydrogens (tertiary/aromatic N) is 1. The molecule has 0 spiro atoms. The average molecular weight is 533 g/mol. The van der Waals surface area contributed by atoms with E-state index in [0.717, 1.165) is 25.2 Å². The third-order valence-electron chi connectivity index (χ3n) is 1.75. The number of aliphatic carboxylic acids is 1. The van der Waals surface area contributed by atoms with Crippen molar-refractivity contribution in [1.29, 1.82) is 0 Å². The molecule has 0 aliphatic carbocycles. The molecule has 0 fully saturated rings. The van der Waals surface area contributed by atoms with E-state index >= 15 is 0 Å². The van der Waals surface area contributed by atoms with Gasteiger partial charge < -0.3 is 0 Å². The third kappa shape index (κ3) is 3.63. The molecule has 0 radical (unpaired) electrons. The molecule has 0 aromatic rings. The molecule has 0 saturated carbocycles. The average Bonchev–Trinajstić information content (AvgIpc) is 2.11. The Kier molecular flexibility index (Phi) is 6.47. The van der Waals surface area contributed by atoms with Crippen molar-refractivity contribution in [1.82, 2.24) is 0 Å². The van der Waals surface area contributed by atoms with Crippen molar-refractivity contribution in [2.24, 2.45) is 3.50 Å². The molecular weight excluding hydrogens is 522 g/mol. The molecule has 0 bridgehead atoms. The van der Waals surface area contributed by atoms with E-state index in [-0.39, 0.29) is 5.57 Å². The SMILES string of the molecule is CC=C(C(=O)O)C([N]=[W])=C(C)[C](C)=[W]. The molecule has 0 amide bonds. The Balaban J connectivity index is 5.49. The van der Waals surface area contributed by atoms with Gasteiger partial charge in [0.2, 0.25) is 0 Å². The zero-order valence-corrected chi connectivity index (χ0v) is 14.1. The number of hydrogen-bond donors (Lipinski definition) is 1. The van der Waals surface area contributed by atoms with Crippen molar-refractivity contribution in [3.63, 3.8) is 0 Å². The van der Waals surface area contributed by atoms with Crippen molar-refractivity contribution in [3.05, 3.63) is 22.9 Å². The van der Waals surface area contributed by atoms with Crippen LogP contribution < -0.4 is 0 Å². The van der Waals surface area contributed by atoms with Gasteiger partial charge in [0.25, 0.3) is 0 Å². The number of carboxylic acids is 1. The third-order valence-corrected chi connectivity index (χ3v) is 3.50. The predicted molar refractivity (Wildman–Crippen MR) is 47.2 cm³/mol. The molecule has 0 aromatic carbocycles. The summed E-state index contributed by atoms with van der Waals surface area (Å²) < 4.78 is 5.28. The Morgan fingerprint density at radius 3 is 2.14 bits per heavy atom. The number of carbonyl (C=O) groups is 1. The molecule has 0 heterocycles. The van der Waals surface area contributed by atoms with Gasteiger partial charge in [0.15, 0.2) is 0 Å². The minimum atomic E-state index is -0.914. The molecular formula is C9H11NO2W2. The molecule has 0 atom stereocenters. The molecule has 1 N–H and O–H groups in total. The summed E-state index contributed by atoms with van der Waals surface area (Å²) in [6, 6.07) is 0. The summed E-state index contributed by atoms with van der Waals surface area (Å²) in [7, 11) is 0. The summed E-state index contributed by atoms with van der Waals surface area (Å²) in [5.41, 5.74) is 1.88. The van der Waals surface area contributed by atoms with Crippen molar-refractivity contribution < 1.29 is 48.9 Å². The first-order valence-electron chi connectivity index (χ1n) is 3.90. The Hall–Kier alpha value is -0.00338. The summed E-state index contributed by atoms with van der Waals surface area (Å²) in [5, 5.41) is 8.95. The van der Waals surface area contributed by atoms with Crippen LogP contribution in [0.2, 0.25) is 0 Å². The van der Waals surface area contributed by atoms with Crippen LogP contribution in [-0.2, 0) is 43.8 Å². The van der Waals surface area contributed by atoms with Gasteiger partial charge in [-0.1, -0.05) is 0 Å². The van der Waals surface area contributed by atoms with Crippen molar-refractivity contribution in [2.45, 2.75) is 20.8 Å². The van der Waals surface area contributed by atoms with E-state index in [1.54, 1.807) is 13.0 Å². The Morgan fingerprint density at radius 1 is 1.43 bits per heavy atom. The Labute approximate surface area is 105 Å². The van der Waals surface area contributed by atoms with Crippen molar-refractivity contribution >= 4 is 9.87 Å². The molecule has 14 heavy (non-hydrogen) atoms. The molecule has 0 rings (SSSR count). The van der Waals surface area contributed by atoms with E-state index < -0.39 is 5.97 Å². The molecule has 0 aromatic heterocycles. The van der Waals surface area contributed by atoms with Crippen LogP contribution in [0.25, 0.3) is 0 Å². The summed E-state index contributed by atoms with van der Waals surface area (Å²) in [6.45, 7) is 5.62. The van der Waals surface area contributed by atoms with E-state index in [1.165, 1.54) is 23.3 Å². The minimum absolute atomic E-state index is 0.290. The van der Waals surface area contributed by atoms with Crippen LogP contribution in [0.1, 0.15) is 20.8 Å². The second-order valence-corrected chi connectivity index (χ2v) is 5.48. The van der Waals surface area contributed by atoms with E-state index in [0.29, 0.717) is 5.70 Å². The summed E-state index contributed by atoms with van der Waals surface area (Å²) in [4.78, 5) is 10.9. The van der Waals surface area contributed by atoms with Crippen molar-refractivity contribution in [3.8, 4) is 0 Å². The van der Waals surface area contributed by atoms with Gasteiger partial charge in [-0.3, -0.25) is 0 Å². The van der Waals surface area contributed by atoms with Gasteiger partial charge in [0, 0.05) is 0 Å². The van der Waals surface area contributed by atoms with E-state index in [1.807, 2.05) is 13.8 Å². The zero-order chi connectivity index (χ0) is 11.3. The van der Waals surface area contributed by atoms with Gasteiger partial charge in [0.1, 0.15) is 0 Å². The first-order valence-corrected chi connectivity index (χ1v) is 6.68. The van der Waals surface area contributed by atoms with Gasteiger partial charge in [-0.2, -0.15) is 0 Å². The van der Waals surface area contributed by atoms with Crippen LogP contribution in [0.3, 0.4) is 0 Å². The first-order chi connectivity index (χ1) is 6.45. The summed E-state index contributed by atoms with van der Waals surface area (Å²) in [5.74, 6) is -0.914. The topological polar surface area (TPSA) is 49.7 Å². The van der Waals surface area contributed by atoms with Crippen LogP contribution in [0.15, 0.2) is 26.4 Å². The first kappa shape index (κ1) is 14.0. The maximum atomic E-state index is 10.9. The summed E-state index contributed by atoms with van der Waals surface area (Å²) in [6.07, 6.45) is 1.59. The van der Waals surface area contributed by atoms with Gasteiger partial charge in [-0.05, 0) is 0 Å². The quantitative estimate of drug-likeness (QED) is 0.443. The van der Waals surface area contributed by atoms with E-state index in [4.69, 9.17) is 5.11 Å². The van der Waals surface area contributed by atoms with Gasteiger partial charge in [-0.15, -0.1) is 0 Å². The Bertz CT molecular complexity index is 343. The van der Waals surface area contributed by atoms with E-state index in [9.17, 15) is 4.79 Å². The number of rotatable bonds is 4. The number of hydrogen-bond acceptors (Lipinski definition) is 2. The second-order valence-electron chi connectivity index (χ2n) is 2.63. The van der Waals surface area contributed by atoms with Gasteiger partial charge >= 0.3 is 106 Å². The normalized spacial score (nSPS) is 13.2. The molecule has 0 aliphatic heterocycles. The molecule has 5 heteroatoms. The molecule has 76 valence electrons. The van der Waals surface area contributed by atoms with Crippen LogP contribution in [0, 0.1) is 0 Å². The number of carboxylic acid groups (broad SMARTS) is 1. The molecule has 0 unspecified atom stereocenters. The maximum absolute atomic E-state index is 10.9. The number of allylic oxidation sites excluding steroid dienone is 2. The fourth-order valence-corrected chi connectivity index (χ4v) is 2.04.